The third-order valence-electron chi connectivity index (χ3n) is 4.61. The number of ketones is 2. The van der Waals surface area contributed by atoms with Gasteiger partial charge in [0.05, 0.1) is 20.8 Å². The topological polar surface area (TPSA) is 71.1 Å². The Kier molecular flexibility index (Phi) is 4.41. The van der Waals surface area contributed by atoms with Crippen molar-refractivity contribution in [2.24, 2.45) is 5.92 Å². The lowest BCUT2D eigenvalue weighted by molar-refractivity contribution is -0.129. The van der Waals surface area contributed by atoms with Crippen LogP contribution in [0.4, 0.5) is 0 Å². The van der Waals surface area contributed by atoms with Crippen molar-refractivity contribution in [2.45, 2.75) is 25.9 Å². The molecule has 0 saturated heterocycles. The summed E-state index contributed by atoms with van der Waals surface area (Å²) in [4.78, 5) is 26.0. The van der Waals surface area contributed by atoms with E-state index in [0.717, 1.165) is 0 Å². The second kappa shape index (κ2) is 6.26. The van der Waals surface area contributed by atoms with Crippen LogP contribution in [0.25, 0.3) is 0 Å². The maximum absolute atomic E-state index is 13.2. The number of benzene rings is 1. The number of allylic oxidation sites excluding steroid dienone is 1. The Hall–Kier alpha value is -2.21. The van der Waals surface area contributed by atoms with Crippen LogP contribution in [-0.2, 0) is 9.53 Å². The third kappa shape index (κ3) is 2.39. The van der Waals surface area contributed by atoms with E-state index in [1.807, 2.05) is 6.92 Å². The number of fused-ring (bicyclic) bond motifs is 1. The van der Waals surface area contributed by atoms with E-state index in [1.54, 1.807) is 6.92 Å². The van der Waals surface area contributed by atoms with Gasteiger partial charge in [-0.25, -0.2) is 0 Å². The first-order chi connectivity index (χ1) is 11.9. The number of carbonyl (C=O) groups excluding carboxylic acids is 2. The van der Waals surface area contributed by atoms with Crippen LogP contribution >= 0.6 is 11.6 Å². The van der Waals surface area contributed by atoms with Crippen LogP contribution in [-0.4, -0.2) is 38.0 Å². The molecule has 1 aromatic carbocycles. The molecule has 0 fully saturated rings. The smallest absolute Gasteiger partial charge is 0.236 e. The van der Waals surface area contributed by atoms with Gasteiger partial charge in [-0.3, -0.25) is 9.59 Å². The summed E-state index contributed by atoms with van der Waals surface area (Å²) in [6, 6.07) is 1.51. The van der Waals surface area contributed by atoms with Gasteiger partial charge in [0, 0.05) is 24.5 Å². The minimum Gasteiger partial charge on any atom is -0.498 e. The molecule has 134 valence electrons. The number of Topliss-reactive ketones (excluding diaryl/α,β-unsaturated/α-hetero) is 1. The van der Waals surface area contributed by atoms with Crippen molar-refractivity contribution in [1.82, 2.24) is 0 Å². The molecule has 0 radical (unpaired) electrons. The molecular weight excluding hydrogens is 348 g/mol. The molecule has 1 heterocycles. The fourth-order valence-corrected chi connectivity index (χ4v) is 3.64. The first-order valence-corrected chi connectivity index (χ1v) is 8.34. The van der Waals surface area contributed by atoms with Crippen LogP contribution in [0.5, 0.6) is 17.2 Å². The summed E-state index contributed by atoms with van der Waals surface area (Å²) < 4.78 is 21.9. The Morgan fingerprint density at radius 3 is 2.52 bits per heavy atom. The van der Waals surface area contributed by atoms with E-state index in [9.17, 15) is 9.59 Å². The van der Waals surface area contributed by atoms with Crippen molar-refractivity contribution >= 4 is 23.2 Å². The van der Waals surface area contributed by atoms with Gasteiger partial charge in [-0.15, -0.1) is 0 Å². The molecule has 7 heteroatoms. The molecule has 1 aromatic rings. The highest BCUT2D eigenvalue weighted by Crippen LogP contribution is 2.53. The fraction of sp³-hybridized carbons (Fsp3) is 0.444. The summed E-state index contributed by atoms with van der Waals surface area (Å²) in [5.74, 6) is -0.0781. The van der Waals surface area contributed by atoms with Crippen LogP contribution in [0.2, 0.25) is 5.02 Å². The average molecular weight is 367 g/mol. The van der Waals surface area contributed by atoms with E-state index in [4.69, 9.17) is 30.5 Å². The average Bonchev–Trinajstić information content (AvgIpc) is 2.89. The van der Waals surface area contributed by atoms with Crippen molar-refractivity contribution < 1.29 is 28.5 Å². The second-order valence-electron chi connectivity index (χ2n) is 5.98. The highest BCUT2D eigenvalue weighted by Gasteiger charge is 2.60. The monoisotopic (exact) mass is 366 g/mol. The molecule has 0 bridgehead atoms. The van der Waals surface area contributed by atoms with Crippen LogP contribution in [0.1, 0.15) is 30.6 Å². The molecule has 0 N–H and O–H groups in total. The molecule has 1 aliphatic heterocycles. The number of halogens is 1. The lowest BCUT2D eigenvalue weighted by Crippen LogP contribution is -2.54. The molecule has 0 aromatic heterocycles. The van der Waals surface area contributed by atoms with Gasteiger partial charge in [0.1, 0.15) is 27.8 Å². The number of ether oxygens (including phenoxy) is 4. The third-order valence-corrected chi connectivity index (χ3v) is 4.97. The zero-order valence-electron chi connectivity index (χ0n) is 14.5. The van der Waals surface area contributed by atoms with Gasteiger partial charge < -0.3 is 18.9 Å². The molecular formula is C18H19ClO6. The number of methoxy groups -OCH3 is 2. The van der Waals surface area contributed by atoms with Gasteiger partial charge in [0.2, 0.25) is 17.2 Å². The van der Waals surface area contributed by atoms with Crippen LogP contribution in [0.3, 0.4) is 0 Å². The van der Waals surface area contributed by atoms with E-state index in [1.165, 1.54) is 26.4 Å². The summed E-state index contributed by atoms with van der Waals surface area (Å²) in [5, 5.41) is 0.142. The zero-order valence-corrected chi connectivity index (χ0v) is 15.2. The first-order valence-electron chi connectivity index (χ1n) is 7.96. The van der Waals surface area contributed by atoms with E-state index >= 15 is 0 Å². The number of carbonyl (C=O) groups is 2. The van der Waals surface area contributed by atoms with Crippen molar-refractivity contribution in [2.75, 3.05) is 20.8 Å². The second-order valence-corrected chi connectivity index (χ2v) is 6.36. The maximum atomic E-state index is 13.2. The predicted octanol–water partition coefficient (Wildman–Crippen LogP) is 3.20. The number of hydrogen-bond acceptors (Lipinski definition) is 6. The van der Waals surface area contributed by atoms with Crippen molar-refractivity contribution in [3.8, 4) is 17.2 Å². The fourth-order valence-electron chi connectivity index (χ4n) is 3.37. The Balaban J connectivity index is 2.15. The minimum absolute atomic E-state index is 0.122. The number of rotatable bonds is 4. The predicted molar refractivity (Wildman–Crippen MR) is 90.7 cm³/mol. The van der Waals surface area contributed by atoms with Crippen LogP contribution < -0.4 is 14.2 Å². The lowest BCUT2D eigenvalue weighted by atomic mass is 9.74. The molecule has 25 heavy (non-hydrogen) atoms. The molecule has 6 nitrogen and oxygen atoms in total. The molecule has 0 amide bonds. The Bertz CT molecular complexity index is 784. The zero-order chi connectivity index (χ0) is 18.4. The summed E-state index contributed by atoms with van der Waals surface area (Å²) in [6.45, 7) is 4.07. The quantitative estimate of drug-likeness (QED) is 0.762. The van der Waals surface area contributed by atoms with E-state index in [0.29, 0.717) is 24.5 Å². The van der Waals surface area contributed by atoms with Gasteiger partial charge in [-0.1, -0.05) is 18.5 Å². The molecule has 1 spiro atoms. The first kappa shape index (κ1) is 17.6. The summed E-state index contributed by atoms with van der Waals surface area (Å²) >= 11 is 6.32. The molecule has 2 aliphatic rings. The highest BCUT2D eigenvalue weighted by molar-refractivity contribution is 6.36. The van der Waals surface area contributed by atoms with E-state index in [2.05, 4.69) is 0 Å². The van der Waals surface area contributed by atoms with Gasteiger partial charge in [-0.05, 0) is 6.92 Å². The van der Waals surface area contributed by atoms with Crippen molar-refractivity contribution in [3.63, 3.8) is 0 Å². The van der Waals surface area contributed by atoms with Crippen molar-refractivity contribution in [3.05, 3.63) is 28.5 Å². The molecule has 1 aliphatic carbocycles. The molecule has 2 unspecified atom stereocenters. The molecule has 2 atom stereocenters. The largest absolute Gasteiger partial charge is 0.498 e. The van der Waals surface area contributed by atoms with E-state index < -0.39 is 23.1 Å². The van der Waals surface area contributed by atoms with Crippen molar-refractivity contribution in [1.29, 1.82) is 0 Å². The Morgan fingerprint density at radius 2 is 1.96 bits per heavy atom. The summed E-state index contributed by atoms with van der Waals surface area (Å²) in [6.07, 6.45) is 1.75. The molecule has 0 saturated carbocycles. The SMILES string of the molecule is CCOC1=CC(=O)C2(Oc3c(Cl)c(OC)cc(OC)c3C2=O)C(C)C1. The summed E-state index contributed by atoms with van der Waals surface area (Å²) in [7, 11) is 2.88. The Morgan fingerprint density at radius 1 is 1.28 bits per heavy atom. The van der Waals surface area contributed by atoms with Gasteiger partial charge in [0.15, 0.2) is 5.75 Å². The van der Waals surface area contributed by atoms with Gasteiger partial charge >= 0.3 is 0 Å². The maximum Gasteiger partial charge on any atom is 0.236 e. The standard InChI is InChI=1S/C18H19ClO6/c1-5-24-10-6-9(2)18(13(20)7-10)17(21)14-11(22-3)8-12(23-4)15(19)16(14)25-18/h7-9H,5-6H2,1-4H3. The van der Waals surface area contributed by atoms with Gasteiger partial charge in [-0.2, -0.15) is 0 Å². The normalized spacial score (nSPS) is 24.7. The van der Waals surface area contributed by atoms with Crippen LogP contribution in [0.15, 0.2) is 17.9 Å². The molecule has 3 rings (SSSR count). The van der Waals surface area contributed by atoms with E-state index in [-0.39, 0.29) is 22.1 Å². The summed E-state index contributed by atoms with van der Waals surface area (Å²) in [5.41, 5.74) is -1.48. The lowest BCUT2D eigenvalue weighted by Gasteiger charge is -2.34. The van der Waals surface area contributed by atoms with Gasteiger partial charge in [0.25, 0.3) is 0 Å². The van der Waals surface area contributed by atoms with Crippen LogP contribution in [0, 0.1) is 5.92 Å². The minimum atomic E-state index is -1.65. The Labute approximate surface area is 150 Å². The highest BCUT2D eigenvalue weighted by atomic mass is 35.5. The number of hydrogen-bond donors (Lipinski definition) is 0.